The highest BCUT2D eigenvalue weighted by Gasteiger charge is 2.28. The van der Waals surface area contributed by atoms with Crippen molar-refractivity contribution in [2.75, 3.05) is 0 Å². The standard InChI is InChI=1S/C17H18O2/c1-12-6-8-13(9-7-12)10-15(18)17-11-14-4-2-3-5-16(14)19-17/h2-9,15,17-18H,10-11H2,1H3. The summed E-state index contributed by atoms with van der Waals surface area (Å²) in [7, 11) is 0. The second-order valence-electron chi connectivity index (χ2n) is 5.23. The number of ether oxygens (including phenoxy) is 1. The maximum Gasteiger partial charge on any atom is 0.129 e. The highest BCUT2D eigenvalue weighted by molar-refractivity contribution is 5.37. The van der Waals surface area contributed by atoms with Gasteiger partial charge in [-0.25, -0.2) is 0 Å². The third-order valence-corrected chi connectivity index (χ3v) is 3.67. The van der Waals surface area contributed by atoms with Gasteiger partial charge in [-0.15, -0.1) is 0 Å². The first-order chi connectivity index (χ1) is 9.22. The normalized spacial score (nSPS) is 18.7. The van der Waals surface area contributed by atoms with Gasteiger partial charge in [-0.05, 0) is 24.1 Å². The minimum Gasteiger partial charge on any atom is -0.487 e. The van der Waals surface area contributed by atoms with Crippen molar-refractivity contribution in [3.05, 3.63) is 65.2 Å². The van der Waals surface area contributed by atoms with E-state index in [2.05, 4.69) is 37.3 Å². The van der Waals surface area contributed by atoms with Crippen LogP contribution in [-0.2, 0) is 12.8 Å². The lowest BCUT2D eigenvalue weighted by Crippen LogP contribution is -2.31. The summed E-state index contributed by atoms with van der Waals surface area (Å²) in [5.41, 5.74) is 3.58. The molecule has 19 heavy (non-hydrogen) atoms. The lowest BCUT2D eigenvalue weighted by molar-refractivity contribution is 0.0503. The third-order valence-electron chi connectivity index (χ3n) is 3.67. The van der Waals surface area contributed by atoms with Crippen molar-refractivity contribution in [2.24, 2.45) is 0 Å². The van der Waals surface area contributed by atoms with Gasteiger partial charge in [-0.3, -0.25) is 0 Å². The van der Waals surface area contributed by atoms with Crippen molar-refractivity contribution < 1.29 is 9.84 Å². The minimum atomic E-state index is -0.463. The number of rotatable bonds is 3. The Kier molecular flexibility index (Phi) is 3.26. The number of hydrogen-bond acceptors (Lipinski definition) is 2. The van der Waals surface area contributed by atoms with Crippen LogP contribution in [0.3, 0.4) is 0 Å². The van der Waals surface area contributed by atoms with Crippen LogP contribution in [-0.4, -0.2) is 17.3 Å². The lowest BCUT2D eigenvalue weighted by Gasteiger charge is -2.18. The Morgan fingerprint density at radius 2 is 1.89 bits per heavy atom. The Morgan fingerprint density at radius 1 is 1.16 bits per heavy atom. The van der Waals surface area contributed by atoms with Crippen molar-refractivity contribution in [1.82, 2.24) is 0 Å². The van der Waals surface area contributed by atoms with Crippen LogP contribution in [0.15, 0.2) is 48.5 Å². The van der Waals surface area contributed by atoms with Crippen LogP contribution < -0.4 is 4.74 Å². The quantitative estimate of drug-likeness (QED) is 0.912. The summed E-state index contributed by atoms with van der Waals surface area (Å²) in [6, 6.07) is 16.3. The number of para-hydroxylation sites is 1. The fourth-order valence-electron chi connectivity index (χ4n) is 2.52. The van der Waals surface area contributed by atoms with E-state index in [-0.39, 0.29) is 6.10 Å². The molecule has 2 unspecified atom stereocenters. The first-order valence-electron chi connectivity index (χ1n) is 6.70. The fraction of sp³-hybridized carbons (Fsp3) is 0.294. The van der Waals surface area contributed by atoms with Crippen molar-refractivity contribution in [1.29, 1.82) is 0 Å². The molecule has 3 rings (SSSR count). The number of aryl methyl sites for hydroxylation is 1. The van der Waals surface area contributed by atoms with E-state index in [1.807, 2.05) is 18.2 Å². The van der Waals surface area contributed by atoms with E-state index in [1.54, 1.807) is 0 Å². The SMILES string of the molecule is Cc1ccc(CC(O)C2Cc3ccccc3O2)cc1. The average Bonchev–Trinajstić information content (AvgIpc) is 2.85. The zero-order valence-corrected chi connectivity index (χ0v) is 11.0. The van der Waals surface area contributed by atoms with Crippen LogP contribution in [0.2, 0.25) is 0 Å². The summed E-state index contributed by atoms with van der Waals surface area (Å²) in [4.78, 5) is 0. The lowest BCUT2D eigenvalue weighted by atomic mass is 10.00. The van der Waals surface area contributed by atoms with Crippen LogP contribution in [0.25, 0.3) is 0 Å². The summed E-state index contributed by atoms with van der Waals surface area (Å²) < 4.78 is 5.81. The van der Waals surface area contributed by atoms with Gasteiger partial charge in [0.2, 0.25) is 0 Å². The van der Waals surface area contributed by atoms with Gasteiger partial charge in [0.05, 0.1) is 6.10 Å². The molecule has 1 N–H and O–H groups in total. The molecule has 2 aromatic carbocycles. The smallest absolute Gasteiger partial charge is 0.129 e. The number of aliphatic hydroxyl groups excluding tert-OH is 1. The van der Waals surface area contributed by atoms with E-state index in [4.69, 9.17) is 4.74 Å². The highest BCUT2D eigenvalue weighted by atomic mass is 16.5. The fourth-order valence-corrected chi connectivity index (χ4v) is 2.52. The van der Waals surface area contributed by atoms with Crippen LogP contribution >= 0.6 is 0 Å². The molecule has 1 aliphatic rings. The van der Waals surface area contributed by atoms with E-state index in [0.717, 1.165) is 17.7 Å². The number of aliphatic hydroxyl groups is 1. The van der Waals surface area contributed by atoms with Gasteiger partial charge < -0.3 is 9.84 Å². The molecule has 2 nitrogen and oxygen atoms in total. The first kappa shape index (κ1) is 12.2. The molecule has 0 aromatic heterocycles. The second kappa shape index (κ2) is 5.06. The molecule has 0 saturated carbocycles. The maximum absolute atomic E-state index is 10.3. The first-order valence-corrected chi connectivity index (χ1v) is 6.70. The molecule has 0 spiro atoms. The third kappa shape index (κ3) is 2.64. The molecule has 1 aliphatic heterocycles. The number of hydrogen-bond donors (Lipinski definition) is 1. The van der Waals surface area contributed by atoms with Gasteiger partial charge in [0.1, 0.15) is 11.9 Å². The molecule has 98 valence electrons. The van der Waals surface area contributed by atoms with Crippen molar-refractivity contribution in [3.63, 3.8) is 0 Å². The van der Waals surface area contributed by atoms with Crippen LogP contribution in [0.5, 0.6) is 5.75 Å². The Balaban J connectivity index is 1.66. The van der Waals surface area contributed by atoms with Crippen LogP contribution in [0.4, 0.5) is 0 Å². The van der Waals surface area contributed by atoms with E-state index in [9.17, 15) is 5.11 Å². The summed E-state index contributed by atoms with van der Waals surface area (Å²) in [6.45, 7) is 2.07. The molecule has 0 aliphatic carbocycles. The monoisotopic (exact) mass is 254 g/mol. The molecule has 0 radical (unpaired) electrons. The maximum atomic E-state index is 10.3. The van der Waals surface area contributed by atoms with Crippen LogP contribution in [0, 0.1) is 6.92 Å². The molecular formula is C17H18O2. The van der Waals surface area contributed by atoms with E-state index < -0.39 is 6.10 Å². The van der Waals surface area contributed by atoms with E-state index >= 15 is 0 Å². The van der Waals surface area contributed by atoms with Gasteiger partial charge >= 0.3 is 0 Å². The average molecular weight is 254 g/mol. The molecule has 0 fully saturated rings. The molecular weight excluding hydrogens is 236 g/mol. The van der Waals surface area contributed by atoms with Gasteiger partial charge in [0.25, 0.3) is 0 Å². The summed E-state index contributed by atoms with van der Waals surface area (Å²) in [6.07, 6.45) is 0.844. The Bertz CT molecular complexity index is 535. The Labute approximate surface area is 113 Å². The topological polar surface area (TPSA) is 29.5 Å². The second-order valence-corrected chi connectivity index (χ2v) is 5.23. The van der Waals surface area contributed by atoms with Gasteiger partial charge in [0.15, 0.2) is 0 Å². The predicted octanol–water partition coefficient (Wildman–Crippen LogP) is 2.90. The molecule has 0 amide bonds. The largest absolute Gasteiger partial charge is 0.487 e. The van der Waals surface area contributed by atoms with Crippen molar-refractivity contribution in [3.8, 4) is 5.75 Å². The number of fused-ring (bicyclic) bond motifs is 1. The Hall–Kier alpha value is -1.80. The molecule has 2 aromatic rings. The molecule has 2 heteroatoms. The zero-order valence-electron chi connectivity index (χ0n) is 11.0. The predicted molar refractivity (Wildman–Crippen MR) is 75.5 cm³/mol. The van der Waals surface area contributed by atoms with Crippen molar-refractivity contribution in [2.45, 2.75) is 32.0 Å². The van der Waals surface area contributed by atoms with Gasteiger partial charge in [0, 0.05) is 12.8 Å². The van der Waals surface area contributed by atoms with E-state index in [0.29, 0.717) is 6.42 Å². The van der Waals surface area contributed by atoms with Crippen LogP contribution in [0.1, 0.15) is 16.7 Å². The Morgan fingerprint density at radius 3 is 2.63 bits per heavy atom. The van der Waals surface area contributed by atoms with E-state index in [1.165, 1.54) is 11.1 Å². The minimum absolute atomic E-state index is 0.126. The van der Waals surface area contributed by atoms with Crippen molar-refractivity contribution >= 4 is 0 Å². The molecule has 2 atom stereocenters. The summed E-state index contributed by atoms with van der Waals surface area (Å²) in [5.74, 6) is 0.912. The zero-order chi connectivity index (χ0) is 13.2. The van der Waals surface area contributed by atoms with Gasteiger partial charge in [-0.2, -0.15) is 0 Å². The summed E-state index contributed by atoms with van der Waals surface area (Å²) >= 11 is 0. The molecule has 1 heterocycles. The summed E-state index contributed by atoms with van der Waals surface area (Å²) in [5, 5.41) is 10.3. The molecule has 0 bridgehead atoms. The molecule has 0 saturated heterocycles. The highest BCUT2D eigenvalue weighted by Crippen LogP contribution is 2.30. The van der Waals surface area contributed by atoms with Gasteiger partial charge in [-0.1, -0.05) is 48.0 Å². The number of benzene rings is 2.